The maximum absolute atomic E-state index is 4.71. The van der Waals surface area contributed by atoms with Gasteiger partial charge in [0.15, 0.2) is 5.65 Å². The van der Waals surface area contributed by atoms with E-state index in [0.29, 0.717) is 0 Å². The van der Waals surface area contributed by atoms with Crippen LogP contribution in [0.3, 0.4) is 0 Å². The fraction of sp³-hybridized carbons (Fsp3) is 0. The summed E-state index contributed by atoms with van der Waals surface area (Å²) in [6.07, 6.45) is 3.55. The number of rotatable bonds is 0. The predicted molar refractivity (Wildman–Crippen MR) is 103 cm³/mol. The summed E-state index contributed by atoms with van der Waals surface area (Å²) in [5.41, 5.74) is 4.19. The van der Waals surface area contributed by atoms with Gasteiger partial charge in [0.1, 0.15) is 5.52 Å². The standard InChI is InChI=1S/C22H13N3/c1-3-7-16-14(5-1)9-10-17-19-13-15-6-2-4-8-18(15)25(19)22-21(20(16)17)23-11-12-24-22/h1-13H. The molecule has 6 aromatic rings. The molecule has 0 aliphatic heterocycles. The van der Waals surface area contributed by atoms with Crippen molar-refractivity contribution in [2.24, 2.45) is 0 Å². The van der Waals surface area contributed by atoms with Gasteiger partial charge in [-0.1, -0.05) is 54.6 Å². The first-order chi connectivity index (χ1) is 12.4. The molecule has 25 heavy (non-hydrogen) atoms. The number of hydrogen-bond donors (Lipinski definition) is 0. The first-order valence-corrected chi connectivity index (χ1v) is 8.36. The first-order valence-electron chi connectivity index (χ1n) is 8.36. The molecule has 116 valence electrons. The van der Waals surface area contributed by atoms with E-state index in [1.165, 1.54) is 32.4 Å². The molecule has 0 atom stereocenters. The van der Waals surface area contributed by atoms with Crippen LogP contribution in [0.5, 0.6) is 0 Å². The van der Waals surface area contributed by atoms with Crippen LogP contribution in [0.25, 0.3) is 49.1 Å². The molecule has 3 heterocycles. The molecule has 0 N–H and O–H groups in total. The Kier molecular flexibility index (Phi) is 2.35. The van der Waals surface area contributed by atoms with Crippen LogP contribution >= 0.6 is 0 Å². The molecule has 0 aliphatic rings. The SMILES string of the molecule is c1ccc2c(c1)ccc1c2c2nccnc2n2c3ccccc3cc12. The largest absolute Gasteiger partial charge is 0.292 e. The van der Waals surface area contributed by atoms with Crippen LogP contribution in [0.1, 0.15) is 0 Å². The molecule has 0 radical (unpaired) electrons. The number of benzene rings is 3. The van der Waals surface area contributed by atoms with Gasteiger partial charge in [-0.2, -0.15) is 0 Å². The fourth-order valence-corrected chi connectivity index (χ4v) is 3.99. The van der Waals surface area contributed by atoms with Gasteiger partial charge in [-0.05, 0) is 22.9 Å². The summed E-state index contributed by atoms with van der Waals surface area (Å²) in [4.78, 5) is 9.40. The summed E-state index contributed by atoms with van der Waals surface area (Å²) >= 11 is 0. The number of para-hydroxylation sites is 1. The van der Waals surface area contributed by atoms with Crippen molar-refractivity contribution in [1.29, 1.82) is 0 Å². The lowest BCUT2D eigenvalue weighted by atomic mass is 10.0. The Morgan fingerprint density at radius 2 is 1.44 bits per heavy atom. The Balaban J connectivity index is 2.06. The highest BCUT2D eigenvalue weighted by atomic mass is 15.0. The van der Waals surface area contributed by atoms with E-state index in [9.17, 15) is 0 Å². The number of fused-ring (bicyclic) bond motifs is 10. The van der Waals surface area contributed by atoms with Gasteiger partial charge in [0.05, 0.1) is 11.0 Å². The van der Waals surface area contributed by atoms with E-state index in [2.05, 4.69) is 76.1 Å². The minimum atomic E-state index is 0.905. The Morgan fingerprint density at radius 3 is 2.40 bits per heavy atom. The van der Waals surface area contributed by atoms with Gasteiger partial charge in [-0.3, -0.25) is 9.38 Å². The second-order valence-corrected chi connectivity index (χ2v) is 6.36. The molecule has 0 aliphatic carbocycles. The number of pyridine rings is 1. The van der Waals surface area contributed by atoms with Gasteiger partial charge >= 0.3 is 0 Å². The summed E-state index contributed by atoms with van der Waals surface area (Å²) in [5.74, 6) is 0. The third-order valence-corrected chi connectivity index (χ3v) is 5.04. The van der Waals surface area contributed by atoms with Crippen LogP contribution < -0.4 is 0 Å². The lowest BCUT2D eigenvalue weighted by Gasteiger charge is -2.10. The zero-order valence-corrected chi connectivity index (χ0v) is 13.3. The molecule has 0 unspecified atom stereocenters. The normalized spacial score (nSPS) is 12.0. The fourth-order valence-electron chi connectivity index (χ4n) is 3.99. The molecule has 6 rings (SSSR count). The average Bonchev–Trinajstić information content (AvgIpc) is 3.07. The van der Waals surface area contributed by atoms with Crippen molar-refractivity contribution >= 4 is 49.1 Å². The van der Waals surface area contributed by atoms with E-state index in [1.54, 1.807) is 12.4 Å². The Bertz CT molecular complexity index is 1440. The van der Waals surface area contributed by atoms with Gasteiger partial charge < -0.3 is 0 Å². The molecular weight excluding hydrogens is 306 g/mol. The van der Waals surface area contributed by atoms with Crippen molar-refractivity contribution in [2.45, 2.75) is 0 Å². The third kappa shape index (κ3) is 1.59. The summed E-state index contributed by atoms with van der Waals surface area (Å²) in [7, 11) is 0. The minimum absolute atomic E-state index is 0.905. The lowest BCUT2D eigenvalue weighted by molar-refractivity contribution is 1.20. The van der Waals surface area contributed by atoms with Crippen molar-refractivity contribution in [2.75, 3.05) is 0 Å². The third-order valence-electron chi connectivity index (χ3n) is 5.04. The lowest BCUT2D eigenvalue weighted by Crippen LogP contribution is -1.95. The molecule has 3 aromatic carbocycles. The predicted octanol–water partition coefficient (Wildman–Crippen LogP) is 5.34. The van der Waals surface area contributed by atoms with Crippen molar-refractivity contribution < 1.29 is 0 Å². The Hall–Kier alpha value is -3.46. The van der Waals surface area contributed by atoms with Gasteiger partial charge in [-0.15, -0.1) is 0 Å². The highest BCUT2D eigenvalue weighted by Gasteiger charge is 2.15. The molecule has 0 fully saturated rings. The summed E-state index contributed by atoms with van der Waals surface area (Å²) < 4.78 is 2.23. The van der Waals surface area contributed by atoms with E-state index in [4.69, 9.17) is 4.98 Å². The van der Waals surface area contributed by atoms with Crippen LogP contribution in [0.2, 0.25) is 0 Å². The molecule has 3 heteroatoms. The zero-order valence-electron chi connectivity index (χ0n) is 13.3. The second-order valence-electron chi connectivity index (χ2n) is 6.36. The molecule has 0 amide bonds. The molecule has 3 aromatic heterocycles. The number of nitrogens with zero attached hydrogens (tertiary/aromatic N) is 3. The van der Waals surface area contributed by atoms with Crippen molar-refractivity contribution in [3.8, 4) is 0 Å². The van der Waals surface area contributed by atoms with E-state index in [0.717, 1.165) is 16.7 Å². The highest BCUT2D eigenvalue weighted by Crippen LogP contribution is 2.36. The number of aromatic nitrogens is 3. The Labute approximate surface area is 143 Å². The monoisotopic (exact) mass is 319 g/mol. The van der Waals surface area contributed by atoms with Crippen molar-refractivity contribution in [3.05, 3.63) is 79.1 Å². The summed E-state index contributed by atoms with van der Waals surface area (Å²) in [6.45, 7) is 0. The van der Waals surface area contributed by atoms with Crippen LogP contribution in [-0.4, -0.2) is 14.4 Å². The maximum atomic E-state index is 4.71. The highest BCUT2D eigenvalue weighted by molar-refractivity contribution is 6.23. The minimum Gasteiger partial charge on any atom is -0.292 e. The van der Waals surface area contributed by atoms with E-state index in [1.807, 2.05) is 0 Å². The number of hydrogen-bond acceptors (Lipinski definition) is 2. The average molecular weight is 319 g/mol. The topological polar surface area (TPSA) is 30.2 Å². The van der Waals surface area contributed by atoms with Gasteiger partial charge in [0, 0.05) is 28.6 Å². The van der Waals surface area contributed by atoms with Crippen LogP contribution in [0.4, 0.5) is 0 Å². The smallest absolute Gasteiger partial charge is 0.164 e. The van der Waals surface area contributed by atoms with E-state index >= 15 is 0 Å². The van der Waals surface area contributed by atoms with Crippen molar-refractivity contribution in [3.63, 3.8) is 0 Å². The summed E-state index contributed by atoms with van der Waals surface area (Å²) in [6, 6.07) is 23.6. The van der Waals surface area contributed by atoms with Gasteiger partial charge in [-0.25, -0.2) is 4.98 Å². The second kappa shape index (κ2) is 4.54. The van der Waals surface area contributed by atoms with E-state index < -0.39 is 0 Å². The first kappa shape index (κ1) is 12.9. The molecule has 0 bridgehead atoms. The Morgan fingerprint density at radius 1 is 0.640 bits per heavy atom. The van der Waals surface area contributed by atoms with Crippen LogP contribution in [0, 0.1) is 0 Å². The zero-order chi connectivity index (χ0) is 16.4. The molecule has 3 nitrogen and oxygen atoms in total. The summed E-state index contributed by atoms with van der Waals surface area (Å²) in [5, 5.41) is 6.05. The van der Waals surface area contributed by atoms with Crippen LogP contribution in [0.15, 0.2) is 79.1 Å². The van der Waals surface area contributed by atoms with E-state index in [-0.39, 0.29) is 0 Å². The molecule has 0 saturated heterocycles. The quantitative estimate of drug-likeness (QED) is 0.354. The molecule has 0 spiro atoms. The van der Waals surface area contributed by atoms with Gasteiger partial charge in [0.2, 0.25) is 0 Å². The molecular formula is C22H13N3. The van der Waals surface area contributed by atoms with Crippen LogP contribution in [-0.2, 0) is 0 Å². The molecule has 0 saturated carbocycles. The maximum Gasteiger partial charge on any atom is 0.164 e. The van der Waals surface area contributed by atoms with Crippen molar-refractivity contribution in [1.82, 2.24) is 14.4 Å². The van der Waals surface area contributed by atoms with Gasteiger partial charge in [0.25, 0.3) is 0 Å².